The Kier molecular flexibility index (Phi) is 17.3. The van der Waals surface area contributed by atoms with Crippen LogP contribution in [-0.2, 0) is 6.54 Å². The number of ether oxygens (including phenoxy) is 1. The Morgan fingerprint density at radius 3 is 2.15 bits per heavy atom. The molecule has 1 aliphatic rings. The molecule has 0 spiro atoms. The smallest absolute Gasteiger partial charge is 0.323 e. The summed E-state index contributed by atoms with van der Waals surface area (Å²) in [6.07, 6.45) is 18.0. The van der Waals surface area contributed by atoms with E-state index in [2.05, 4.69) is 35.6 Å². The van der Waals surface area contributed by atoms with Crippen LogP contribution in [0.25, 0.3) is 0 Å². The lowest BCUT2D eigenvalue weighted by Gasteiger charge is -2.18. The summed E-state index contributed by atoms with van der Waals surface area (Å²) < 4.78 is 5.90. The van der Waals surface area contributed by atoms with Crippen LogP contribution in [-0.4, -0.2) is 23.4 Å². The van der Waals surface area contributed by atoms with Crippen LogP contribution in [0.4, 0.5) is 16.2 Å². The quantitative estimate of drug-likeness (QED) is 0.157. The Labute approximate surface area is 261 Å². The molecule has 222 valence electrons. The third-order valence-electron chi connectivity index (χ3n) is 6.92. The summed E-state index contributed by atoms with van der Waals surface area (Å²) >= 11 is 8.28. The SMILES string of the molecule is Br.CCCCCCCCCCCCCCOc1ccc(NC(=O)Nc2ccccc2CN2C=C(C)SC2)c(Cl)c1. The first-order chi connectivity index (χ1) is 19.0. The number of hydrogen-bond donors (Lipinski definition) is 2. The van der Waals surface area contributed by atoms with Crippen LogP contribution in [0, 0.1) is 0 Å². The number of para-hydroxylation sites is 1. The fourth-order valence-electron chi connectivity index (χ4n) is 4.70. The molecule has 1 aliphatic heterocycles. The number of halogens is 2. The number of rotatable bonds is 18. The molecule has 2 amide bonds. The number of hydrogen-bond acceptors (Lipinski definition) is 4. The fraction of sp³-hybridized carbons (Fsp3) is 0.531. The highest BCUT2D eigenvalue weighted by atomic mass is 79.9. The van der Waals surface area contributed by atoms with Crippen LogP contribution in [0.2, 0.25) is 5.02 Å². The minimum Gasteiger partial charge on any atom is -0.494 e. The van der Waals surface area contributed by atoms with Crippen molar-refractivity contribution in [3.63, 3.8) is 0 Å². The van der Waals surface area contributed by atoms with Crippen LogP contribution in [0.15, 0.2) is 53.6 Å². The summed E-state index contributed by atoms with van der Waals surface area (Å²) in [5, 5.41) is 6.29. The van der Waals surface area contributed by atoms with E-state index >= 15 is 0 Å². The molecule has 5 nitrogen and oxygen atoms in total. The first kappa shape index (κ1) is 34.4. The van der Waals surface area contributed by atoms with Gasteiger partial charge in [-0.2, -0.15) is 0 Å². The molecular formula is C32H47BrClN3O2S. The fourth-order valence-corrected chi connectivity index (χ4v) is 5.68. The van der Waals surface area contributed by atoms with E-state index in [1.165, 1.54) is 75.5 Å². The molecule has 0 saturated carbocycles. The van der Waals surface area contributed by atoms with Crippen molar-refractivity contribution in [2.75, 3.05) is 23.1 Å². The minimum absolute atomic E-state index is 0. The predicted molar refractivity (Wildman–Crippen MR) is 179 cm³/mol. The number of urea groups is 1. The van der Waals surface area contributed by atoms with Crippen molar-refractivity contribution in [2.45, 2.75) is 97.4 Å². The molecule has 3 rings (SSSR count). The minimum atomic E-state index is -0.322. The van der Waals surface area contributed by atoms with Crippen LogP contribution in [0.5, 0.6) is 5.75 Å². The molecule has 0 fully saturated rings. The summed E-state index contributed by atoms with van der Waals surface area (Å²) in [6, 6.07) is 13.0. The van der Waals surface area contributed by atoms with Crippen molar-refractivity contribution in [3.8, 4) is 5.75 Å². The normalized spacial score (nSPS) is 12.6. The van der Waals surface area contributed by atoms with E-state index in [-0.39, 0.29) is 23.0 Å². The van der Waals surface area contributed by atoms with Crippen LogP contribution in [0.3, 0.4) is 0 Å². The number of amides is 2. The maximum atomic E-state index is 12.7. The van der Waals surface area contributed by atoms with Crippen molar-refractivity contribution >= 4 is 57.8 Å². The Morgan fingerprint density at radius 1 is 0.900 bits per heavy atom. The molecule has 2 aromatic rings. The highest BCUT2D eigenvalue weighted by Crippen LogP contribution is 2.29. The zero-order valence-corrected chi connectivity index (χ0v) is 27.5. The number of allylic oxidation sites excluding steroid dienone is 1. The summed E-state index contributed by atoms with van der Waals surface area (Å²) in [7, 11) is 0. The van der Waals surface area contributed by atoms with Gasteiger partial charge in [0.15, 0.2) is 0 Å². The average molecular weight is 653 g/mol. The molecule has 40 heavy (non-hydrogen) atoms. The van der Waals surface area contributed by atoms with Gasteiger partial charge in [0.2, 0.25) is 0 Å². The van der Waals surface area contributed by atoms with Crippen molar-refractivity contribution in [1.82, 2.24) is 4.90 Å². The summed E-state index contributed by atoms with van der Waals surface area (Å²) in [6.45, 7) is 5.81. The Morgan fingerprint density at radius 2 is 1.52 bits per heavy atom. The van der Waals surface area contributed by atoms with Crippen LogP contribution >= 0.6 is 40.3 Å². The largest absolute Gasteiger partial charge is 0.494 e. The maximum Gasteiger partial charge on any atom is 0.323 e. The molecule has 8 heteroatoms. The van der Waals surface area contributed by atoms with E-state index in [0.29, 0.717) is 17.3 Å². The van der Waals surface area contributed by atoms with E-state index in [0.717, 1.165) is 35.8 Å². The number of thioether (sulfide) groups is 1. The number of nitrogens with zero attached hydrogens (tertiary/aromatic N) is 1. The monoisotopic (exact) mass is 651 g/mol. The second kappa shape index (κ2) is 20.1. The van der Waals surface area contributed by atoms with E-state index in [4.69, 9.17) is 16.3 Å². The molecule has 0 radical (unpaired) electrons. The molecule has 2 N–H and O–H groups in total. The number of benzene rings is 2. The van der Waals surface area contributed by atoms with Gasteiger partial charge in [-0.15, -0.1) is 28.7 Å². The standard InChI is InChI=1S/C32H46ClN3O2S.BrH/c1-3-4-5-6-7-8-9-10-11-12-13-16-21-38-28-19-20-31(29(33)22-28)35-32(37)34-30-18-15-14-17-27(30)24-36-23-26(2)39-25-36;/h14-15,17-20,22-23H,3-13,16,21,24-25H2,1-2H3,(H2,34,35,37);1H. The average Bonchev–Trinajstić information content (AvgIpc) is 3.33. The van der Waals surface area contributed by atoms with Gasteiger partial charge in [-0.3, -0.25) is 0 Å². The lowest BCUT2D eigenvalue weighted by atomic mass is 10.1. The van der Waals surface area contributed by atoms with E-state index in [9.17, 15) is 4.79 Å². The second-order valence-corrected chi connectivity index (χ2v) is 12.0. The Hall–Kier alpha value is -1.83. The Bertz CT molecular complexity index is 1050. The third-order valence-corrected chi connectivity index (χ3v) is 8.25. The van der Waals surface area contributed by atoms with E-state index in [1.54, 1.807) is 12.1 Å². The molecular weight excluding hydrogens is 606 g/mol. The maximum absolute atomic E-state index is 12.7. The van der Waals surface area contributed by atoms with E-state index in [1.807, 2.05) is 42.1 Å². The van der Waals surface area contributed by atoms with Crippen molar-refractivity contribution in [1.29, 1.82) is 0 Å². The van der Waals surface area contributed by atoms with Gasteiger partial charge in [-0.1, -0.05) is 107 Å². The highest BCUT2D eigenvalue weighted by Gasteiger charge is 2.14. The Balaban J connectivity index is 0.00000560. The van der Waals surface area contributed by atoms with Gasteiger partial charge in [0.1, 0.15) is 5.75 Å². The topological polar surface area (TPSA) is 53.6 Å². The van der Waals surface area contributed by atoms with Crippen molar-refractivity contribution < 1.29 is 9.53 Å². The number of carbonyl (C=O) groups excluding carboxylic acids is 1. The third kappa shape index (κ3) is 13.2. The molecule has 0 atom stereocenters. The summed E-state index contributed by atoms with van der Waals surface area (Å²) in [5.41, 5.74) is 2.40. The molecule has 0 bridgehead atoms. The summed E-state index contributed by atoms with van der Waals surface area (Å²) in [5.74, 6) is 1.65. The van der Waals surface area contributed by atoms with Gasteiger partial charge in [0.25, 0.3) is 0 Å². The van der Waals surface area contributed by atoms with Gasteiger partial charge in [0, 0.05) is 24.5 Å². The molecule has 0 saturated heterocycles. The first-order valence-electron chi connectivity index (χ1n) is 14.7. The molecule has 2 aromatic carbocycles. The number of anilines is 2. The molecule has 0 aliphatic carbocycles. The first-order valence-corrected chi connectivity index (χ1v) is 16.0. The molecule has 1 heterocycles. The van der Waals surface area contributed by atoms with Crippen molar-refractivity contribution in [3.05, 3.63) is 64.2 Å². The van der Waals surface area contributed by atoms with Crippen LogP contribution < -0.4 is 15.4 Å². The molecule has 0 unspecified atom stereocenters. The van der Waals surface area contributed by atoms with Gasteiger partial charge in [-0.25, -0.2) is 4.79 Å². The predicted octanol–water partition coefficient (Wildman–Crippen LogP) is 11.0. The highest BCUT2D eigenvalue weighted by molar-refractivity contribution is 8.93. The van der Waals surface area contributed by atoms with Gasteiger partial charge < -0.3 is 20.3 Å². The zero-order chi connectivity index (χ0) is 27.7. The number of nitrogens with one attached hydrogen (secondary N) is 2. The van der Waals surface area contributed by atoms with Gasteiger partial charge in [-0.05, 0) is 42.0 Å². The van der Waals surface area contributed by atoms with Gasteiger partial charge >= 0.3 is 6.03 Å². The number of unbranched alkanes of at least 4 members (excludes halogenated alkanes) is 11. The number of carbonyl (C=O) groups is 1. The van der Waals surface area contributed by atoms with Crippen LogP contribution in [0.1, 0.15) is 96.5 Å². The van der Waals surface area contributed by atoms with E-state index < -0.39 is 0 Å². The molecule has 0 aromatic heterocycles. The lowest BCUT2D eigenvalue weighted by molar-refractivity contribution is 0.262. The summed E-state index contributed by atoms with van der Waals surface area (Å²) in [4.78, 5) is 16.3. The zero-order valence-electron chi connectivity index (χ0n) is 24.2. The van der Waals surface area contributed by atoms with Crippen molar-refractivity contribution in [2.24, 2.45) is 0 Å². The second-order valence-electron chi connectivity index (χ2n) is 10.4. The lowest BCUT2D eigenvalue weighted by Crippen LogP contribution is -2.21. The van der Waals surface area contributed by atoms with Gasteiger partial charge in [0.05, 0.1) is 23.2 Å².